The summed E-state index contributed by atoms with van der Waals surface area (Å²) in [5.74, 6) is 2.42. The first-order chi connectivity index (χ1) is 18.9. The van der Waals surface area contributed by atoms with E-state index in [2.05, 4.69) is 15.6 Å². The first kappa shape index (κ1) is 25.7. The number of benzene rings is 3. The first-order valence-corrected chi connectivity index (χ1v) is 12.4. The van der Waals surface area contributed by atoms with E-state index < -0.39 is 6.04 Å². The van der Waals surface area contributed by atoms with Gasteiger partial charge in [-0.15, -0.1) is 5.10 Å². The number of allylic oxidation sites excluding steroid dienone is 1. The lowest BCUT2D eigenvalue weighted by atomic mass is 9.94. The Morgan fingerprint density at radius 3 is 2.49 bits per heavy atom. The van der Waals surface area contributed by atoms with Crippen molar-refractivity contribution >= 4 is 17.5 Å². The Morgan fingerprint density at radius 2 is 1.77 bits per heavy atom. The summed E-state index contributed by atoms with van der Waals surface area (Å²) in [6.45, 7) is 4.21. The number of aromatic nitrogens is 3. The molecule has 3 N–H and O–H groups in total. The molecule has 5 rings (SSSR count). The zero-order chi connectivity index (χ0) is 27.5. The summed E-state index contributed by atoms with van der Waals surface area (Å²) in [4.78, 5) is 18.6. The van der Waals surface area contributed by atoms with Crippen LogP contribution in [0.5, 0.6) is 23.0 Å². The standard InChI is InChI=1S/C29H29N5O5/c1-5-39-23-15-12-19(16-24(23)38-4)26-25(28(36)31-21-8-6-7-9-22(21)37-3)17(2)30-29-32-27(33-34(26)29)18-10-13-20(35)14-11-18/h6-16,26,35H,5H2,1-4H3,(H,31,36)(H,30,32,33). The van der Waals surface area contributed by atoms with Crippen molar-refractivity contribution in [1.82, 2.24) is 14.8 Å². The molecule has 0 spiro atoms. The highest BCUT2D eigenvalue weighted by atomic mass is 16.5. The van der Waals surface area contributed by atoms with Gasteiger partial charge < -0.3 is 30.0 Å². The smallest absolute Gasteiger partial charge is 0.255 e. The van der Waals surface area contributed by atoms with Crippen molar-refractivity contribution in [1.29, 1.82) is 0 Å². The summed E-state index contributed by atoms with van der Waals surface area (Å²) >= 11 is 0. The summed E-state index contributed by atoms with van der Waals surface area (Å²) in [6.07, 6.45) is 0. The van der Waals surface area contributed by atoms with Crippen molar-refractivity contribution < 1.29 is 24.1 Å². The molecule has 10 nitrogen and oxygen atoms in total. The van der Waals surface area contributed by atoms with Crippen LogP contribution >= 0.6 is 0 Å². The van der Waals surface area contributed by atoms with Crippen LogP contribution in [0.1, 0.15) is 25.5 Å². The number of fused-ring (bicyclic) bond motifs is 1. The molecule has 200 valence electrons. The minimum Gasteiger partial charge on any atom is -0.508 e. The number of para-hydroxylation sites is 2. The van der Waals surface area contributed by atoms with Gasteiger partial charge in [0, 0.05) is 11.3 Å². The number of aromatic hydroxyl groups is 1. The first-order valence-electron chi connectivity index (χ1n) is 12.4. The minimum atomic E-state index is -0.640. The molecule has 0 fully saturated rings. The highest BCUT2D eigenvalue weighted by Gasteiger charge is 2.35. The molecule has 0 saturated heterocycles. The van der Waals surface area contributed by atoms with E-state index >= 15 is 0 Å². The highest BCUT2D eigenvalue weighted by Crippen LogP contribution is 2.40. The van der Waals surface area contributed by atoms with Gasteiger partial charge in [0.25, 0.3) is 5.91 Å². The predicted octanol–water partition coefficient (Wildman–Crippen LogP) is 4.99. The molecule has 0 bridgehead atoms. The van der Waals surface area contributed by atoms with E-state index in [1.807, 2.05) is 44.2 Å². The molecule has 3 aromatic carbocycles. The largest absolute Gasteiger partial charge is 0.508 e. The number of hydrogen-bond acceptors (Lipinski definition) is 8. The quantitative estimate of drug-likeness (QED) is 0.293. The minimum absolute atomic E-state index is 0.146. The zero-order valence-electron chi connectivity index (χ0n) is 22.1. The number of hydrogen-bond donors (Lipinski definition) is 3. The zero-order valence-corrected chi connectivity index (χ0v) is 22.1. The van der Waals surface area contributed by atoms with Gasteiger partial charge >= 0.3 is 0 Å². The molecule has 0 aliphatic carbocycles. The third kappa shape index (κ3) is 4.96. The fraction of sp³-hybridized carbons (Fsp3) is 0.207. The van der Waals surface area contributed by atoms with Gasteiger partial charge in [-0.2, -0.15) is 4.98 Å². The predicted molar refractivity (Wildman–Crippen MR) is 147 cm³/mol. The van der Waals surface area contributed by atoms with Gasteiger partial charge in [0.05, 0.1) is 32.1 Å². The fourth-order valence-corrected chi connectivity index (χ4v) is 4.55. The second-order valence-electron chi connectivity index (χ2n) is 8.81. The van der Waals surface area contributed by atoms with Crippen LogP contribution < -0.4 is 24.8 Å². The number of rotatable bonds is 8. The van der Waals surface area contributed by atoms with Crippen molar-refractivity contribution in [2.45, 2.75) is 19.9 Å². The maximum absolute atomic E-state index is 13.9. The second kappa shape index (κ2) is 10.8. The Bertz CT molecular complexity index is 1540. The van der Waals surface area contributed by atoms with Gasteiger partial charge in [-0.3, -0.25) is 4.79 Å². The summed E-state index contributed by atoms with van der Waals surface area (Å²) in [5.41, 5.74) is 3.09. The number of nitrogens with one attached hydrogen (secondary N) is 2. The van der Waals surface area contributed by atoms with Crippen molar-refractivity contribution in [2.24, 2.45) is 0 Å². The number of phenolic OH excluding ortho intramolecular Hbond substituents is 1. The maximum atomic E-state index is 13.9. The molecule has 1 aliphatic heterocycles. The molecule has 4 aromatic rings. The molecule has 2 heterocycles. The lowest BCUT2D eigenvalue weighted by molar-refractivity contribution is -0.113. The number of methoxy groups -OCH3 is 2. The molecule has 0 radical (unpaired) electrons. The SMILES string of the molecule is CCOc1ccc(C2C(C(=O)Nc3ccccc3OC)=C(C)Nc3nc(-c4ccc(O)cc4)nn32)cc1OC. The normalized spacial score (nSPS) is 14.3. The summed E-state index contributed by atoms with van der Waals surface area (Å²) in [7, 11) is 3.13. The van der Waals surface area contributed by atoms with E-state index in [1.54, 1.807) is 55.3 Å². The third-order valence-electron chi connectivity index (χ3n) is 6.38. The van der Waals surface area contributed by atoms with Crippen molar-refractivity contribution in [2.75, 3.05) is 31.5 Å². The summed E-state index contributed by atoms with van der Waals surface area (Å²) in [6, 6.07) is 18.8. The van der Waals surface area contributed by atoms with Gasteiger partial charge in [-0.05, 0) is 67.9 Å². The number of anilines is 2. The van der Waals surface area contributed by atoms with E-state index in [9.17, 15) is 9.90 Å². The third-order valence-corrected chi connectivity index (χ3v) is 6.38. The molecular weight excluding hydrogens is 498 g/mol. The van der Waals surface area contributed by atoms with Crippen LogP contribution in [0.25, 0.3) is 11.4 Å². The number of ether oxygens (including phenoxy) is 3. The van der Waals surface area contributed by atoms with Gasteiger partial charge in [-0.1, -0.05) is 18.2 Å². The number of nitrogens with zero attached hydrogens (tertiary/aromatic N) is 3. The van der Waals surface area contributed by atoms with Crippen LogP contribution in [-0.4, -0.2) is 46.6 Å². The van der Waals surface area contributed by atoms with Gasteiger partial charge in [0.15, 0.2) is 17.3 Å². The average molecular weight is 528 g/mol. The molecule has 39 heavy (non-hydrogen) atoms. The van der Waals surface area contributed by atoms with Crippen molar-refractivity contribution in [3.63, 3.8) is 0 Å². The summed E-state index contributed by atoms with van der Waals surface area (Å²) in [5, 5.41) is 20.7. The van der Waals surface area contributed by atoms with Gasteiger partial charge in [-0.25, -0.2) is 4.68 Å². The van der Waals surface area contributed by atoms with Crippen molar-refractivity contribution in [3.8, 4) is 34.4 Å². The number of amides is 1. The Hall–Kier alpha value is -4.99. The second-order valence-corrected chi connectivity index (χ2v) is 8.81. The van der Waals surface area contributed by atoms with Gasteiger partial charge in [0.1, 0.15) is 17.5 Å². The molecule has 1 unspecified atom stereocenters. The van der Waals surface area contributed by atoms with Crippen LogP contribution in [0.3, 0.4) is 0 Å². The molecule has 1 aliphatic rings. The average Bonchev–Trinajstić information content (AvgIpc) is 3.36. The lowest BCUT2D eigenvalue weighted by Crippen LogP contribution is -2.31. The Kier molecular flexibility index (Phi) is 7.09. The highest BCUT2D eigenvalue weighted by molar-refractivity contribution is 6.06. The van der Waals surface area contributed by atoms with Crippen LogP contribution in [0.4, 0.5) is 11.6 Å². The molecule has 1 aromatic heterocycles. The van der Waals surface area contributed by atoms with Gasteiger partial charge in [0.2, 0.25) is 5.95 Å². The van der Waals surface area contributed by atoms with Crippen molar-refractivity contribution in [3.05, 3.63) is 83.6 Å². The van der Waals surface area contributed by atoms with E-state index in [1.165, 1.54) is 0 Å². The van der Waals surface area contributed by atoms with E-state index in [4.69, 9.17) is 19.3 Å². The van der Waals surface area contributed by atoms with Crippen LogP contribution in [0.15, 0.2) is 78.0 Å². The van der Waals surface area contributed by atoms with E-state index in [0.717, 1.165) is 11.1 Å². The fourth-order valence-electron chi connectivity index (χ4n) is 4.55. The van der Waals surface area contributed by atoms with Crippen LogP contribution in [-0.2, 0) is 4.79 Å². The lowest BCUT2D eigenvalue weighted by Gasteiger charge is -2.29. The summed E-state index contributed by atoms with van der Waals surface area (Å²) < 4.78 is 18.4. The molecule has 0 saturated carbocycles. The van der Waals surface area contributed by atoms with E-state index in [0.29, 0.717) is 52.6 Å². The maximum Gasteiger partial charge on any atom is 0.255 e. The number of carbonyl (C=O) groups excluding carboxylic acids is 1. The Labute approximate surface area is 225 Å². The molecule has 1 amide bonds. The topological polar surface area (TPSA) is 120 Å². The molecule has 10 heteroatoms. The van der Waals surface area contributed by atoms with Crippen LogP contribution in [0, 0.1) is 0 Å². The molecule has 1 atom stereocenters. The molecular formula is C29H29N5O5. The Balaban J connectivity index is 1.62. The monoisotopic (exact) mass is 527 g/mol. The number of phenols is 1. The van der Waals surface area contributed by atoms with Crippen LogP contribution in [0.2, 0.25) is 0 Å². The Morgan fingerprint density at radius 1 is 1.03 bits per heavy atom. The number of carbonyl (C=O) groups is 1. The van der Waals surface area contributed by atoms with E-state index in [-0.39, 0.29) is 11.7 Å².